The normalized spacial score (nSPS) is 21.3. The highest BCUT2D eigenvalue weighted by Gasteiger charge is 2.54. The average Bonchev–Trinajstić information content (AvgIpc) is 3.47. The molecule has 39 heavy (non-hydrogen) atoms. The SMILES string of the molecule is CC(C)[C@H](NC(=O)OCc1ccccc1)C(=O)N1CC[C@@H]2[C@H]1[C@@H](Oc1ccccc1)CN2C(=O)OC(C)(C)C. The molecule has 0 unspecified atom stereocenters. The van der Waals surface area contributed by atoms with Crippen LogP contribution in [-0.2, 0) is 20.9 Å². The van der Waals surface area contributed by atoms with Crippen molar-refractivity contribution < 1.29 is 28.6 Å². The predicted molar refractivity (Wildman–Crippen MR) is 146 cm³/mol. The summed E-state index contributed by atoms with van der Waals surface area (Å²) in [4.78, 5) is 43.1. The molecule has 2 fully saturated rings. The van der Waals surface area contributed by atoms with Crippen LogP contribution in [0.3, 0.4) is 0 Å². The number of nitrogens with zero attached hydrogens (tertiary/aromatic N) is 2. The third-order valence-electron chi connectivity index (χ3n) is 6.94. The molecule has 9 nitrogen and oxygen atoms in total. The second kappa shape index (κ2) is 12.0. The number of carbonyl (C=O) groups excluding carboxylic acids is 3. The van der Waals surface area contributed by atoms with E-state index in [9.17, 15) is 14.4 Å². The molecule has 0 bridgehead atoms. The van der Waals surface area contributed by atoms with Gasteiger partial charge in [0.2, 0.25) is 5.91 Å². The van der Waals surface area contributed by atoms with Gasteiger partial charge in [0.15, 0.2) is 0 Å². The lowest BCUT2D eigenvalue weighted by Crippen LogP contribution is -2.55. The number of ether oxygens (including phenoxy) is 3. The minimum absolute atomic E-state index is 0.109. The number of amides is 3. The number of carbonyl (C=O) groups is 3. The largest absolute Gasteiger partial charge is 0.486 e. The number of hydrogen-bond donors (Lipinski definition) is 1. The maximum atomic E-state index is 13.9. The summed E-state index contributed by atoms with van der Waals surface area (Å²) < 4.78 is 17.4. The van der Waals surface area contributed by atoms with Gasteiger partial charge in [-0.3, -0.25) is 9.69 Å². The van der Waals surface area contributed by atoms with Gasteiger partial charge in [-0.05, 0) is 50.8 Å². The van der Waals surface area contributed by atoms with Crippen LogP contribution in [0, 0.1) is 5.92 Å². The van der Waals surface area contributed by atoms with Gasteiger partial charge in [-0.25, -0.2) is 9.59 Å². The van der Waals surface area contributed by atoms with E-state index in [1.165, 1.54) is 0 Å². The molecule has 3 amide bonds. The molecule has 0 aliphatic carbocycles. The molecule has 210 valence electrons. The zero-order valence-electron chi connectivity index (χ0n) is 23.3. The summed E-state index contributed by atoms with van der Waals surface area (Å²) >= 11 is 0. The third kappa shape index (κ3) is 7.02. The van der Waals surface area contributed by atoms with Crippen molar-refractivity contribution in [3.8, 4) is 5.75 Å². The second-order valence-electron chi connectivity index (χ2n) is 11.4. The number of fused-ring (bicyclic) bond motifs is 1. The highest BCUT2D eigenvalue weighted by molar-refractivity contribution is 5.87. The van der Waals surface area contributed by atoms with Crippen LogP contribution in [0.15, 0.2) is 60.7 Å². The lowest BCUT2D eigenvalue weighted by Gasteiger charge is -2.33. The Kier molecular flexibility index (Phi) is 8.67. The molecule has 4 rings (SSSR count). The average molecular weight is 538 g/mol. The Morgan fingerprint density at radius 2 is 1.62 bits per heavy atom. The molecule has 2 heterocycles. The fraction of sp³-hybridized carbons (Fsp3) is 0.500. The first-order valence-electron chi connectivity index (χ1n) is 13.5. The van der Waals surface area contributed by atoms with E-state index in [1.54, 1.807) is 9.80 Å². The topological polar surface area (TPSA) is 97.4 Å². The van der Waals surface area contributed by atoms with Gasteiger partial charge in [-0.2, -0.15) is 0 Å². The molecule has 4 atom stereocenters. The summed E-state index contributed by atoms with van der Waals surface area (Å²) in [7, 11) is 0. The molecule has 2 aliphatic rings. The Bertz CT molecular complexity index is 1130. The predicted octanol–water partition coefficient (Wildman–Crippen LogP) is 4.61. The van der Waals surface area contributed by atoms with Gasteiger partial charge in [-0.1, -0.05) is 62.4 Å². The Morgan fingerprint density at radius 1 is 0.974 bits per heavy atom. The molecule has 2 saturated heterocycles. The van der Waals surface area contributed by atoms with Crippen LogP contribution in [-0.4, -0.2) is 70.8 Å². The van der Waals surface area contributed by atoms with Crippen LogP contribution in [0.2, 0.25) is 0 Å². The third-order valence-corrected chi connectivity index (χ3v) is 6.94. The molecule has 0 saturated carbocycles. The van der Waals surface area contributed by atoms with Gasteiger partial charge in [0.25, 0.3) is 0 Å². The molecule has 1 N–H and O–H groups in total. The van der Waals surface area contributed by atoms with Gasteiger partial charge < -0.3 is 24.4 Å². The van der Waals surface area contributed by atoms with Crippen molar-refractivity contribution in [3.63, 3.8) is 0 Å². The van der Waals surface area contributed by atoms with E-state index in [0.29, 0.717) is 25.3 Å². The molecule has 0 aromatic heterocycles. The number of benzene rings is 2. The van der Waals surface area contributed by atoms with E-state index in [-0.39, 0.29) is 30.5 Å². The van der Waals surface area contributed by atoms with Crippen molar-refractivity contribution in [2.75, 3.05) is 13.1 Å². The fourth-order valence-electron chi connectivity index (χ4n) is 5.18. The highest BCUT2D eigenvalue weighted by atomic mass is 16.6. The Labute approximate surface area is 230 Å². The number of hydrogen-bond acceptors (Lipinski definition) is 6. The number of alkyl carbamates (subject to hydrolysis) is 1. The maximum absolute atomic E-state index is 13.9. The van der Waals surface area contributed by atoms with Gasteiger partial charge >= 0.3 is 12.2 Å². The molecule has 0 spiro atoms. The van der Waals surface area contributed by atoms with Crippen molar-refractivity contribution in [1.82, 2.24) is 15.1 Å². The lowest BCUT2D eigenvalue weighted by molar-refractivity contribution is -0.136. The Morgan fingerprint density at radius 3 is 2.23 bits per heavy atom. The van der Waals surface area contributed by atoms with Crippen LogP contribution >= 0.6 is 0 Å². The Balaban J connectivity index is 1.50. The number of likely N-dealkylation sites (tertiary alicyclic amines) is 2. The lowest BCUT2D eigenvalue weighted by atomic mass is 10.0. The standard InChI is InChI=1S/C30H39N3O6/c1-20(2)25(31-28(35)37-19-21-12-8-6-9-13-21)27(34)32-17-16-23-26(32)24(38-22-14-10-7-11-15-22)18-33(23)29(36)39-30(3,4)5/h6-15,20,23-26H,16-19H2,1-5H3,(H,31,35)/t23-,24+,25+,26+/m1/s1. The monoisotopic (exact) mass is 537 g/mol. The summed E-state index contributed by atoms with van der Waals surface area (Å²) in [5, 5.41) is 2.77. The first-order valence-corrected chi connectivity index (χ1v) is 13.5. The van der Waals surface area contributed by atoms with E-state index in [4.69, 9.17) is 14.2 Å². The fourth-order valence-corrected chi connectivity index (χ4v) is 5.18. The van der Waals surface area contributed by atoms with Crippen molar-refractivity contribution in [2.24, 2.45) is 5.92 Å². The minimum atomic E-state index is -0.792. The first-order chi connectivity index (χ1) is 18.5. The summed E-state index contributed by atoms with van der Waals surface area (Å²) in [5.41, 5.74) is 0.211. The van der Waals surface area contributed by atoms with Gasteiger partial charge in [-0.15, -0.1) is 0 Å². The van der Waals surface area contributed by atoms with Crippen LogP contribution in [0.1, 0.15) is 46.6 Å². The van der Waals surface area contributed by atoms with Crippen molar-refractivity contribution in [1.29, 1.82) is 0 Å². The van der Waals surface area contributed by atoms with E-state index < -0.39 is 29.9 Å². The van der Waals surface area contributed by atoms with E-state index in [2.05, 4.69) is 5.32 Å². The zero-order valence-corrected chi connectivity index (χ0v) is 23.3. The summed E-state index contributed by atoms with van der Waals surface area (Å²) in [6.07, 6.45) is -0.933. The van der Waals surface area contributed by atoms with E-state index in [0.717, 1.165) is 5.56 Å². The molecule has 2 aromatic rings. The van der Waals surface area contributed by atoms with Crippen LogP contribution in [0.4, 0.5) is 9.59 Å². The van der Waals surface area contributed by atoms with Crippen LogP contribution in [0.25, 0.3) is 0 Å². The first kappa shape index (κ1) is 28.3. The summed E-state index contributed by atoms with van der Waals surface area (Å²) in [6.45, 7) is 10.1. The van der Waals surface area contributed by atoms with Gasteiger partial charge in [0.05, 0.1) is 18.6 Å². The van der Waals surface area contributed by atoms with Crippen LogP contribution < -0.4 is 10.1 Å². The maximum Gasteiger partial charge on any atom is 0.410 e. The van der Waals surface area contributed by atoms with Crippen LogP contribution in [0.5, 0.6) is 5.75 Å². The Hall–Kier alpha value is -3.75. The molecule has 2 aliphatic heterocycles. The smallest absolute Gasteiger partial charge is 0.410 e. The minimum Gasteiger partial charge on any atom is -0.486 e. The molecular weight excluding hydrogens is 498 g/mol. The van der Waals surface area contributed by atoms with E-state index >= 15 is 0 Å². The second-order valence-corrected chi connectivity index (χ2v) is 11.4. The van der Waals surface area contributed by atoms with Crippen molar-refractivity contribution in [3.05, 3.63) is 66.2 Å². The number of para-hydroxylation sites is 1. The van der Waals surface area contributed by atoms with Crippen molar-refractivity contribution in [2.45, 2.75) is 77.5 Å². The van der Waals surface area contributed by atoms with E-state index in [1.807, 2.05) is 95.3 Å². The zero-order chi connectivity index (χ0) is 28.2. The highest BCUT2D eigenvalue weighted by Crippen LogP contribution is 2.36. The summed E-state index contributed by atoms with van der Waals surface area (Å²) in [5.74, 6) is 0.258. The quantitative estimate of drug-likeness (QED) is 0.554. The molecule has 0 radical (unpaired) electrons. The van der Waals surface area contributed by atoms with Crippen molar-refractivity contribution >= 4 is 18.1 Å². The summed E-state index contributed by atoms with van der Waals surface area (Å²) in [6, 6.07) is 17.3. The molecular formula is C30H39N3O6. The van der Waals surface area contributed by atoms with Gasteiger partial charge in [0, 0.05) is 6.54 Å². The number of rotatable bonds is 7. The number of nitrogens with one attached hydrogen (secondary N) is 1. The molecule has 2 aromatic carbocycles. The van der Waals surface area contributed by atoms with Gasteiger partial charge in [0.1, 0.15) is 30.1 Å². The molecule has 9 heteroatoms.